The van der Waals surface area contributed by atoms with Crippen molar-refractivity contribution < 1.29 is 23.4 Å². The van der Waals surface area contributed by atoms with Crippen LogP contribution in [-0.4, -0.2) is 59.3 Å². The van der Waals surface area contributed by atoms with E-state index in [4.69, 9.17) is 30.8 Å². The Morgan fingerprint density at radius 3 is 2.73 bits per heavy atom. The molecule has 3 aromatic heterocycles. The summed E-state index contributed by atoms with van der Waals surface area (Å²) in [5, 5.41) is 0.310. The first-order chi connectivity index (χ1) is 19.5. The zero-order valence-corrected chi connectivity index (χ0v) is 23.2. The molecule has 5 rings (SSSR count). The molecule has 0 radical (unpaired) electrons. The minimum absolute atomic E-state index is 0.0477. The summed E-state index contributed by atoms with van der Waals surface area (Å²) in [6.07, 6.45) is 1.88. The molecule has 0 spiro atoms. The number of benzene rings is 1. The summed E-state index contributed by atoms with van der Waals surface area (Å²) in [4.78, 5) is 27.7. The summed E-state index contributed by atoms with van der Waals surface area (Å²) in [7, 11) is 3.05. The Labute approximate surface area is 235 Å². The second-order valence-electron chi connectivity index (χ2n) is 9.57. The number of ether oxygens (including phenoxy) is 3. The predicted molar refractivity (Wildman–Crippen MR) is 149 cm³/mol. The first-order valence-corrected chi connectivity index (χ1v) is 13.8. The van der Waals surface area contributed by atoms with Crippen molar-refractivity contribution in [3.05, 3.63) is 81.7 Å². The molecule has 0 amide bonds. The molecule has 40 heavy (non-hydrogen) atoms. The number of carbonyl (C=O) groups excluding carboxylic acids is 1. The van der Waals surface area contributed by atoms with Gasteiger partial charge < -0.3 is 18.8 Å². The molecule has 0 N–H and O–H groups in total. The van der Waals surface area contributed by atoms with Gasteiger partial charge >= 0.3 is 5.97 Å². The molecule has 0 atom stereocenters. The lowest BCUT2D eigenvalue weighted by Gasteiger charge is -2.31. The number of esters is 1. The zero-order chi connectivity index (χ0) is 28.1. The maximum absolute atomic E-state index is 14.0. The lowest BCUT2D eigenvalue weighted by atomic mass is 9.93. The van der Waals surface area contributed by atoms with Crippen molar-refractivity contribution in [2.45, 2.75) is 38.5 Å². The number of thiophene rings is 1. The predicted octanol–water partition coefficient (Wildman–Crippen LogP) is 5.57. The summed E-state index contributed by atoms with van der Waals surface area (Å²) >= 11 is 1.10. The number of imidazole rings is 1. The molecule has 0 unspecified atom stereocenters. The van der Waals surface area contributed by atoms with E-state index in [1.165, 1.54) is 13.2 Å². The first-order valence-electron chi connectivity index (χ1n) is 13.0. The fourth-order valence-electron chi connectivity index (χ4n) is 4.98. The van der Waals surface area contributed by atoms with Crippen molar-refractivity contribution >= 4 is 33.3 Å². The summed E-state index contributed by atoms with van der Waals surface area (Å²) in [5.41, 5.74) is 3.18. The van der Waals surface area contributed by atoms with E-state index < -0.39 is 5.82 Å². The Bertz CT molecular complexity index is 1540. The molecule has 0 saturated carbocycles. The van der Waals surface area contributed by atoms with Gasteiger partial charge in [-0.1, -0.05) is 6.07 Å². The van der Waals surface area contributed by atoms with Gasteiger partial charge in [0.05, 0.1) is 48.3 Å². The molecule has 1 fully saturated rings. The summed E-state index contributed by atoms with van der Waals surface area (Å²) in [5.74, 6) is 0.889. The van der Waals surface area contributed by atoms with Gasteiger partial charge in [-0.3, -0.25) is 4.90 Å². The molecule has 9 nitrogen and oxygen atoms in total. The molecule has 0 aliphatic carbocycles. The van der Waals surface area contributed by atoms with Crippen LogP contribution in [0.4, 0.5) is 9.39 Å². The number of fused-ring (bicyclic) bond motifs is 1. The van der Waals surface area contributed by atoms with E-state index in [9.17, 15) is 9.18 Å². The molecule has 11 heteroatoms. The Balaban J connectivity index is 1.23. The number of pyridine rings is 1. The first kappa shape index (κ1) is 27.7. The second kappa shape index (κ2) is 12.6. The van der Waals surface area contributed by atoms with E-state index in [0.29, 0.717) is 46.9 Å². The molecular formula is C29H30FN5O4S. The van der Waals surface area contributed by atoms with Gasteiger partial charge in [0.25, 0.3) is 0 Å². The fraction of sp³-hybridized carbons (Fsp3) is 0.379. The van der Waals surface area contributed by atoms with Gasteiger partial charge in [-0.2, -0.15) is 11.3 Å². The topological polar surface area (TPSA) is 83.1 Å². The van der Waals surface area contributed by atoms with Crippen LogP contribution in [0.2, 0.25) is 0 Å². The number of rotatable bonds is 10. The largest absolute Gasteiger partial charge is 0.472 e. The highest BCUT2D eigenvalue weighted by Crippen LogP contribution is 2.31. The molecule has 1 aromatic carbocycles. The molecule has 208 valence electrons. The molecule has 1 aliphatic heterocycles. The number of hydrogen-bond donors (Lipinski definition) is 0. The van der Waals surface area contributed by atoms with Gasteiger partial charge in [0.2, 0.25) is 10.9 Å². The Kier molecular flexibility index (Phi) is 8.69. The smallest absolute Gasteiger partial charge is 0.337 e. The van der Waals surface area contributed by atoms with Crippen molar-refractivity contribution in [1.29, 1.82) is 0 Å². The number of methoxy groups -OCH3 is 2. The van der Waals surface area contributed by atoms with E-state index in [-0.39, 0.29) is 12.6 Å². The van der Waals surface area contributed by atoms with E-state index in [1.807, 2.05) is 24.3 Å². The van der Waals surface area contributed by atoms with Gasteiger partial charge in [-0.05, 0) is 56.3 Å². The van der Waals surface area contributed by atoms with Crippen LogP contribution < -0.4 is 4.74 Å². The highest BCUT2D eigenvalue weighted by molar-refractivity contribution is 7.16. The number of carbonyl (C=O) groups is 1. The molecule has 1 aliphatic rings. The van der Waals surface area contributed by atoms with Crippen molar-refractivity contribution in [1.82, 2.24) is 19.4 Å². The van der Waals surface area contributed by atoms with Crippen molar-refractivity contribution in [3.63, 3.8) is 0 Å². The average Bonchev–Trinajstić information content (AvgIpc) is 3.53. The number of piperidine rings is 1. The number of hydrogen-bond acceptors (Lipinski definition) is 8. The number of halogens is 1. The molecule has 4 aromatic rings. The quantitative estimate of drug-likeness (QED) is 0.184. The SMILES string of the molecule is [C-]#[N+]c1cc(F)c(COc2cccc(C3CCN(Cc4nc5ccc(C(=O)OC)cc5n4CCOC)CC3)n2)s1. The molecule has 1 saturated heterocycles. The van der Waals surface area contributed by atoms with Gasteiger partial charge in [0, 0.05) is 31.3 Å². The minimum Gasteiger partial charge on any atom is -0.472 e. The Morgan fingerprint density at radius 2 is 2.00 bits per heavy atom. The Morgan fingerprint density at radius 1 is 1.18 bits per heavy atom. The lowest BCUT2D eigenvalue weighted by Crippen LogP contribution is -2.33. The summed E-state index contributed by atoms with van der Waals surface area (Å²) in [6.45, 7) is 10.7. The van der Waals surface area contributed by atoms with Crippen LogP contribution in [0.25, 0.3) is 15.9 Å². The van der Waals surface area contributed by atoms with Gasteiger partial charge in [0.1, 0.15) is 18.2 Å². The summed E-state index contributed by atoms with van der Waals surface area (Å²) in [6, 6.07) is 12.4. The highest BCUT2D eigenvalue weighted by Gasteiger charge is 2.24. The van der Waals surface area contributed by atoms with Gasteiger partial charge in [0.15, 0.2) is 0 Å². The lowest BCUT2D eigenvalue weighted by molar-refractivity contribution is 0.0601. The van der Waals surface area contributed by atoms with Crippen molar-refractivity contribution in [2.24, 2.45) is 0 Å². The van der Waals surface area contributed by atoms with E-state index in [1.54, 1.807) is 19.2 Å². The highest BCUT2D eigenvalue weighted by atomic mass is 32.1. The van der Waals surface area contributed by atoms with Crippen molar-refractivity contribution in [2.75, 3.05) is 33.9 Å². The third kappa shape index (κ3) is 6.14. The monoisotopic (exact) mass is 563 g/mol. The minimum atomic E-state index is -0.417. The second-order valence-corrected chi connectivity index (χ2v) is 10.7. The zero-order valence-electron chi connectivity index (χ0n) is 22.4. The van der Waals surface area contributed by atoms with E-state index in [2.05, 4.69) is 14.3 Å². The van der Waals surface area contributed by atoms with Gasteiger partial charge in [-0.25, -0.2) is 24.0 Å². The molecule has 4 heterocycles. The Hall–Kier alpha value is -3.85. The average molecular weight is 564 g/mol. The summed E-state index contributed by atoms with van der Waals surface area (Å²) < 4.78 is 32.1. The van der Waals surface area contributed by atoms with Crippen LogP contribution in [0, 0.1) is 12.4 Å². The van der Waals surface area contributed by atoms with Crippen LogP contribution in [0.1, 0.15) is 45.5 Å². The number of likely N-dealkylation sites (tertiary alicyclic amines) is 1. The molecular weight excluding hydrogens is 533 g/mol. The maximum atomic E-state index is 14.0. The standard InChI is InChI=1S/C29H30FN5O4S/c1-31-28-16-21(30)25(40-28)18-39-27-6-4-5-22(33-27)19-9-11-34(12-10-19)17-26-32-23-8-7-20(29(36)38-3)15-24(23)35(26)13-14-37-2/h4-8,15-16,19H,9-14,17-18H2,2-3H3. The third-order valence-electron chi connectivity index (χ3n) is 7.09. The molecule has 0 bridgehead atoms. The van der Waals surface area contributed by atoms with Crippen LogP contribution in [0.5, 0.6) is 5.88 Å². The number of nitrogens with zero attached hydrogens (tertiary/aromatic N) is 5. The van der Waals surface area contributed by atoms with E-state index >= 15 is 0 Å². The van der Waals surface area contributed by atoms with E-state index in [0.717, 1.165) is 59.8 Å². The third-order valence-corrected chi connectivity index (χ3v) is 8.07. The van der Waals surface area contributed by atoms with Gasteiger partial charge in [-0.15, -0.1) is 0 Å². The van der Waals surface area contributed by atoms with Crippen molar-refractivity contribution in [3.8, 4) is 5.88 Å². The normalized spacial score (nSPS) is 14.3. The fourth-order valence-corrected chi connectivity index (χ4v) is 5.72. The van der Waals surface area contributed by atoms with Crippen LogP contribution in [-0.2, 0) is 29.2 Å². The maximum Gasteiger partial charge on any atom is 0.337 e. The number of aromatic nitrogens is 3. The van der Waals surface area contributed by atoms with Crippen LogP contribution in [0.15, 0.2) is 42.5 Å². The van der Waals surface area contributed by atoms with Crippen LogP contribution in [0.3, 0.4) is 0 Å². The van der Waals surface area contributed by atoms with Crippen LogP contribution >= 0.6 is 11.3 Å².